The van der Waals surface area contributed by atoms with Crippen LogP contribution in [0.2, 0.25) is 0 Å². The van der Waals surface area contributed by atoms with E-state index in [9.17, 15) is 5.11 Å². The molecular weight excluding hydrogens is 460 g/mol. The Bertz CT molecular complexity index is 1090. The van der Waals surface area contributed by atoms with E-state index in [0.717, 1.165) is 50.2 Å². The van der Waals surface area contributed by atoms with Gasteiger partial charge < -0.3 is 9.84 Å². The van der Waals surface area contributed by atoms with Gasteiger partial charge in [0, 0.05) is 45.5 Å². The number of aliphatic hydroxyl groups excluding tert-OH is 1. The highest BCUT2D eigenvalue weighted by Gasteiger charge is 2.41. The minimum absolute atomic E-state index is 0.0270. The summed E-state index contributed by atoms with van der Waals surface area (Å²) in [5.41, 5.74) is 4.67. The summed E-state index contributed by atoms with van der Waals surface area (Å²) in [5.74, 6) is 0.439. The van der Waals surface area contributed by atoms with E-state index in [4.69, 9.17) is 14.9 Å². The molecule has 1 aliphatic heterocycles. The Morgan fingerprint density at radius 2 is 1.46 bits per heavy atom. The van der Waals surface area contributed by atoms with Crippen LogP contribution in [0.15, 0.2) is 12.1 Å². The van der Waals surface area contributed by atoms with Gasteiger partial charge in [-0.3, -0.25) is 9.36 Å². The molecule has 1 saturated carbocycles. The maximum atomic E-state index is 10.7. The third-order valence-corrected chi connectivity index (χ3v) is 8.44. The first-order chi connectivity index (χ1) is 16.9. The van der Waals surface area contributed by atoms with Gasteiger partial charge in [-0.2, -0.15) is 10.2 Å². The summed E-state index contributed by atoms with van der Waals surface area (Å²) in [6.07, 6.45) is 3.73. The van der Waals surface area contributed by atoms with E-state index in [1.165, 1.54) is 11.4 Å². The van der Waals surface area contributed by atoms with E-state index in [0.29, 0.717) is 5.92 Å². The van der Waals surface area contributed by atoms with Gasteiger partial charge in [0.1, 0.15) is 0 Å². The van der Waals surface area contributed by atoms with Gasteiger partial charge in [0.2, 0.25) is 0 Å². The maximum absolute atomic E-state index is 10.7. The van der Waals surface area contributed by atoms with Gasteiger partial charge in [0.05, 0.1) is 36.2 Å². The monoisotopic (exact) mass is 512 g/mol. The fourth-order valence-corrected chi connectivity index (χ4v) is 5.86. The van der Waals surface area contributed by atoms with Crippen LogP contribution in [0.4, 0.5) is 0 Å². The zero-order valence-corrected chi connectivity index (χ0v) is 25.4. The van der Waals surface area contributed by atoms with Crippen LogP contribution in [-0.4, -0.2) is 43.5 Å². The third kappa shape index (κ3) is 5.85. The summed E-state index contributed by atoms with van der Waals surface area (Å²) in [4.78, 5) is 0. The van der Waals surface area contributed by atoms with Gasteiger partial charge >= 0.3 is 0 Å². The molecule has 4 unspecified atom stereocenters. The molecule has 0 aromatic carbocycles. The number of ether oxygens (including phenoxy) is 1. The highest BCUT2D eigenvalue weighted by Crippen LogP contribution is 2.40. The topological polar surface area (TPSA) is 65.1 Å². The van der Waals surface area contributed by atoms with Gasteiger partial charge in [-0.05, 0) is 37.8 Å². The van der Waals surface area contributed by atoms with Crippen LogP contribution in [0, 0.1) is 5.92 Å². The SMILES string of the molecule is CC(C)(C)c1cc(C(C)(C)C)n(CC2COC2CC(C)(C)c2cc(C(C)(C)C)n(C3CCCC3O)n2)n1. The van der Waals surface area contributed by atoms with Gasteiger partial charge in [-0.1, -0.05) is 76.2 Å². The first kappa shape index (κ1) is 28.4. The van der Waals surface area contributed by atoms with Crippen molar-refractivity contribution in [1.82, 2.24) is 19.6 Å². The minimum Gasteiger partial charge on any atom is -0.391 e. The quantitative estimate of drug-likeness (QED) is 0.484. The average molecular weight is 513 g/mol. The number of nitrogens with zero attached hydrogens (tertiary/aromatic N) is 4. The maximum Gasteiger partial charge on any atom is 0.0781 e. The molecule has 2 aromatic heterocycles. The van der Waals surface area contributed by atoms with Crippen molar-refractivity contribution in [2.24, 2.45) is 5.92 Å². The predicted octanol–water partition coefficient (Wildman–Crippen LogP) is 6.44. The Hall–Kier alpha value is -1.66. The van der Waals surface area contributed by atoms with Gasteiger partial charge in [-0.25, -0.2) is 0 Å². The van der Waals surface area contributed by atoms with Crippen LogP contribution in [0.3, 0.4) is 0 Å². The average Bonchev–Trinajstić information content (AvgIpc) is 3.45. The molecule has 0 spiro atoms. The van der Waals surface area contributed by atoms with Gasteiger partial charge in [0.25, 0.3) is 0 Å². The molecule has 2 aromatic rings. The lowest BCUT2D eigenvalue weighted by atomic mass is 9.78. The molecule has 4 atom stereocenters. The molecule has 6 nitrogen and oxygen atoms in total. The summed E-state index contributed by atoms with van der Waals surface area (Å²) in [6.45, 7) is 26.5. The van der Waals surface area contributed by atoms with Crippen molar-refractivity contribution >= 4 is 0 Å². The lowest BCUT2D eigenvalue weighted by molar-refractivity contribution is -0.132. The van der Waals surface area contributed by atoms with Crippen molar-refractivity contribution in [3.8, 4) is 0 Å². The summed E-state index contributed by atoms with van der Waals surface area (Å²) in [6, 6.07) is 4.68. The van der Waals surface area contributed by atoms with Gasteiger partial charge in [-0.15, -0.1) is 0 Å². The molecule has 0 radical (unpaired) electrons. The number of aliphatic hydroxyl groups is 1. The Balaban J connectivity index is 1.55. The lowest BCUT2D eigenvalue weighted by Gasteiger charge is -2.41. The fourth-order valence-electron chi connectivity index (χ4n) is 5.86. The van der Waals surface area contributed by atoms with Crippen molar-refractivity contribution in [3.63, 3.8) is 0 Å². The first-order valence-corrected chi connectivity index (χ1v) is 14.4. The van der Waals surface area contributed by atoms with E-state index >= 15 is 0 Å². The van der Waals surface area contributed by atoms with Crippen LogP contribution < -0.4 is 0 Å². The summed E-state index contributed by atoms with van der Waals surface area (Å²) >= 11 is 0. The molecule has 6 heteroatoms. The summed E-state index contributed by atoms with van der Waals surface area (Å²) in [5, 5.41) is 20.9. The van der Waals surface area contributed by atoms with Crippen LogP contribution in [0.1, 0.15) is 131 Å². The van der Waals surface area contributed by atoms with Gasteiger partial charge in [0.15, 0.2) is 0 Å². The third-order valence-electron chi connectivity index (χ3n) is 8.44. The standard InChI is InChI=1S/C31H52N4O2/c1-28(2,3)24-15-26(29(4,5)6)34(32-24)18-20-19-37-23(20)17-31(10,11)25-16-27(30(7,8)9)35(33-25)21-13-12-14-22(21)36/h15-16,20-23,36H,12-14,17-19H2,1-11H3. The Labute approximate surface area is 225 Å². The van der Waals surface area contributed by atoms with Crippen LogP contribution in [-0.2, 0) is 32.9 Å². The molecule has 1 saturated heterocycles. The molecule has 2 fully saturated rings. The van der Waals surface area contributed by atoms with Crippen LogP contribution in [0.5, 0.6) is 0 Å². The number of aromatic nitrogens is 4. The van der Waals surface area contributed by atoms with E-state index < -0.39 is 0 Å². The molecule has 0 bridgehead atoms. The lowest BCUT2D eigenvalue weighted by Crippen LogP contribution is -2.46. The molecule has 0 amide bonds. The summed E-state index contributed by atoms with van der Waals surface area (Å²) in [7, 11) is 0. The molecule has 1 aliphatic carbocycles. The van der Waals surface area contributed by atoms with Crippen molar-refractivity contribution < 1.29 is 9.84 Å². The van der Waals surface area contributed by atoms with E-state index in [1.54, 1.807) is 0 Å². The fraction of sp³-hybridized carbons (Fsp3) is 0.806. The molecule has 208 valence electrons. The second-order valence-corrected chi connectivity index (χ2v) is 15.5. The zero-order chi connectivity index (χ0) is 27.6. The Kier molecular flexibility index (Phi) is 7.29. The second-order valence-electron chi connectivity index (χ2n) is 15.5. The predicted molar refractivity (Wildman–Crippen MR) is 150 cm³/mol. The highest BCUT2D eigenvalue weighted by molar-refractivity contribution is 5.25. The van der Waals surface area contributed by atoms with Crippen LogP contribution >= 0.6 is 0 Å². The molecule has 37 heavy (non-hydrogen) atoms. The number of rotatable bonds is 6. The van der Waals surface area contributed by atoms with Crippen molar-refractivity contribution in [3.05, 3.63) is 34.9 Å². The smallest absolute Gasteiger partial charge is 0.0781 e. The second kappa shape index (κ2) is 9.51. The number of hydrogen-bond donors (Lipinski definition) is 1. The largest absolute Gasteiger partial charge is 0.391 e. The van der Waals surface area contributed by atoms with E-state index in [2.05, 4.69) is 97.7 Å². The summed E-state index contributed by atoms with van der Waals surface area (Å²) < 4.78 is 10.6. The Morgan fingerprint density at radius 3 is 1.95 bits per heavy atom. The molecule has 2 aliphatic rings. The number of hydrogen-bond acceptors (Lipinski definition) is 4. The van der Waals surface area contributed by atoms with Crippen molar-refractivity contribution in [1.29, 1.82) is 0 Å². The first-order valence-electron chi connectivity index (χ1n) is 14.4. The minimum atomic E-state index is -0.305. The van der Waals surface area contributed by atoms with Crippen molar-refractivity contribution in [2.45, 2.75) is 148 Å². The molecule has 3 heterocycles. The highest BCUT2D eigenvalue weighted by atomic mass is 16.5. The normalized spacial score (nSPS) is 25.5. The van der Waals surface area contributed by atoms with Crippen molar-refractivity contribution in [2.75, 3.05) is 6.61 Å². The Morgan fingerprint density at radius 1 is 0.838 bits per heavy atom. The van der Waals surface area contributed by atoms with Crippen LogP contribution in [0.25, 0.3) is 0 Å². The van der Waals surface area contributed by atoms with E-state index in [1.807, 2.05) is 0 Å². The molecule has 4 rings (SSSR count). The molecule has 1 N–H and O–H groups in total. The molecular formula is C31H52N4O2. The van der Waals surface area contributed by atoms with E-state index in [-0.39, 0.29) is 39.9 Å². The zero-order valence-electron chi connectivity index (χ0n) is 25.4.